The smallest absolute Gasteiger partial charge is 1.00 e. The molecule has 19 heavy (non-hydrogen) atoms. The predicted octanol–water partition coefficient (Wildman–Crippen LogP) is -2.57. The van der Waals surface area contributed by atoms with Gasteiger partial charge in [-0.3, -0.25) is 0 Å². The Kier molecular flexibility index (Phi) is 14.3. The molecular weight excluding hydrogens is 296 g/mol. The molecule has 0 aromatic carbocycles. The molecule has 0 aromatic heterocycles. The Morgan fingerprint density at radius 3 is 1.05 bits per heavy atom. The minimum absolute atomic E-state index is 0. The summed E-state index contributed by atoms with van der Waals surface area (Å²) >= 11 is 0. The van der Waals surface area contributed by atoms with Gasteiger partial charge in [-0.25, -0.2) is 19.2 Å². The van der Waals surface area contributed by atoms with Crippen LogP contribution in [0.4, 0.5) is 0 Å². The Labute approximate surface area is 138 Å². The van der Waals surface area contributed by atoms with Crippen LogP contribution in [0, 0.1) is 0 Å². The summed E-state index contributed by atoms with van der Waals surface area (Å²) in [5, 5.41) is 48.2. The maximum Gasteiger partial charge on any atom is 2.00 e. The summed E-state index contributed by atoms with van der Waals surface area (Å²) in [6.45, 7) is 0. The largest absolute Gasteiger partial charge is 2.00 e. The predicted molar refractivity (Wildman–Crippen MR) is 59.7 cm³/mol. The van der Waals surface area contributed by atoms with Gasteiger partial charge in [0.1, 0.15) is 0 Å². The van der Waals surface area contributed by atoms with E-state index >= 15 is 0 Å². The van der Waals surface area contributed by atoms with Crippen LogP contribution < -0.4 is 0 Å². The van der Waals surface area contributed by atoms with Crippen molar-refractivity contribution in [1.29, 1.82) is 0 Å². The van der Waals surface area contributed by atoms with Crippen molar-refractivity contribution in [3.8, 4) is 0 Å². The summed E-state index contributed by atoms with van der Waals surface area (Å²) in [6.07, 6.45) is -3.42. The van der Waals surface area contributed by atoms with E-state index in [0.717, 1.165) is 0 Å². The quantitative estimate of drug-likeness (QED) is 0.232. The summed E-state index contributed by atoms with van der Waals surface area (Å²) in [4.78, 5) is 38.7. The Balaban J connectivity index is -0.0000000724. The molecule has 0 saturated carbocycles. The molecule has 10 nitrogen and oxygen atoms in total. The first kappa shape index (κ1) is 22.9. The van der Waals surface area contributed by atoms with Gasteiger partial charge in [0.05, 0.1) is 0 Å². The Morgan fingerprint density at radius 1 is 0.737 bits per heavy atom. The summed E-state index contributed by atoms with van der Waals surface area (Å²) in [6, 6.07) is 0. The van der Waals surface area contributed by atoms with Gasteiger partial charge in [-0.05, 0) is 0 Å². The Bertz CT molecular complexity index is 338. The zero-order valence-electron chi connectivity index (χ0n) is 11.3. The molecule has 0 aliphatic rings. The van der Waals surface area contributed by atoms with Crippen LogP contribution in [0.15, 0.2) is 12.2 Å². The topological polar surface area (TPSA) is 190 Å². The second-order valence-corrected chi connectivity index (χ2v) is 2.58. The van der Waals surface area contributed by atoms with E-state index in [4.69, 9.17) is 30.6 Å². The van der Waals surface area contributed by atoms with Crippen LogP contribution in [0.2, 0.25) is 0 Å². The maximum atomic E-state index is 9.77. The second kappa shape index (κ2) is 11.9. The number of hydrogen-bond acceptors (Lipinski definition) is 6. The average Bonchev–Trinajstić information content (AvgIpc) is 2.24. The van der Waals surface area contributed by atoms with Gasteiger partial charge in [-0.1, -0.05) is 0 Å². The fourth-order valence-electron chi connectivity index (χ4n) is 0.413. The third kappa shape index (κ3) is 14.7. The van der Waals surface area contributed by atoms with Gasteiger partial charge in [0.25, 0.3) is 0 Å². The number of carboxylic acid groups (broad SMARTS) is 4. The van der Waals surface area contributed by atoms with Crippen LogP contribution in [-0.4, -0.2) is 104 Å². The van der Waals surface area contributed by atoms with Crippen molar-refractivity contribution < 1.29 is 52.7 Å². The van der Waals surface area contributed by atoms with E-state index in [-0.39, 0.29) is 40.6 Å². The number of aliphatic carboxylic acids is 4. The SMILES string of the molecule is O=C(O)/C=C\C(=O)O.O=C(O)C(O)C(O)C(=O)O.[Ca+2].[H-].[H-]. The molecule has 0 amide bonds. The molecule has 0 heterocycles. The van der Waals surface area contributed by atoms with E-state index in [1.165, 1.54) is 0 Å². The van der Waals surface area contributed by atoms with E-state index in [1.54, 1.807) is 0 Å². The van der Waals surface area contributed by atoms with Crippen LogP contribution in [-0.2, 0) is 19.2 Å². The first-order valence-electron chi connectivity index (χ1n) is 4.05. The van der Waals surface area contributed by atoms with Crippen molar-refractivity contribution in [2.45, 2.75) is 12.2 Å². The molecular formula is C8H12CaO10. The molecule has 2 atom stereocenters. The van der Waals surface area contributed by atoms with Crippen molar-refractivity contribution in [3.63, 3.8) is 0 Å². The standard InChI is InChI=1S/C4H6O6.C4H4O4.Ca.2H/c5-1(3(7)8)2(6)4(9)10;5-3(6)1-2-4(7)8;;;/h1-2,5-6H,(H,7,8)(H,9,10);1-2H,(H,5,6)(H,7,8);;;/q;;+2;2*-1/b;2-1-;;;. The van der Waals surface area contributed by atoms with Crippen LogP contribution in [0.25, 0.3) is 0 Å². The summed E-state index contributed by atoms with van der Waals surface area (Å²) in [7, 11) is 0. The second-order valence-electron chi connectivity index (χ2n) is 2.58. The van der Waals surface area contributed by atoms with Crippen LogP contribution in [0.3, 0.4) is 0 Å². The molecule has 0 aliphatic heterocycles. The molecule has 2 unspecified atom stereocenters. The number of carboxylic acids is 4. The number of rotatable bonds is 5. The van der Waals surface area contributed by atoms with Gasteiger partial charge < -0.3 is 33.5 Å². The number of hydrogen-bond donors (Lipinski definition) is 6. The van der Waals surface area contributed by atoms with Crippen molar-refractivity contribution in [2.75, 3.05) is 0 Å². The zero-order chi connectivity index (χ0) is 14.9. The molecule has 0 aromatic rings. The van der Waals surface area contributed by atoms with Gasteiger partial charge >= 0.3 is 61.6 Å². The van der Waals surface area contributed by atoms with Crippen LogP contribution in [0.1, 0.15) is 2.85 Å². The molecule has 0 rings (SSSR count). The third-order valence-electron chi connectivity index (χ3n) is 1.17. The zero-order valence-corrected chi connectivity index (χ0v) is 11.5. The average molecular weight is 308 g/mol. The number of aliphatic hydroxyl groups excluding tert-OH is 2. The van der Waals surface area contributed by atoms with Gasteiger partial charge in [0.2, 0.25) is 0 Å². The van der Waals surface area contributed by atoms with Crippen LogP contribution >= 0.6 is 0 Å². The summed E-state index contributed by atoms with van der Waals surface area (Å²) in [5.41, 5.74) is 0. The fourth-order valence-corrected chi connectivity index (χ4v) is 0.413. The van der Waals surface area contributed by atoms with Crippen LogP contribution in [0.5, 0.6) is 0 Å². The van der Waals surface area contributed by atoms with E-state index in [2.05, 4.69) is 0 Å². The molecule has 0 fully saturated rings. The van der Waals surface area contributed by atoms with Crippen molar-refractivity contribution in [1.82, 2.24) is 0 Å². The molecule has 6 N–H and O–H groups in total. The molecule has 0 spiro atoms. The van der Waals surface area contributed by atoms with Gasteiger partial charge in [-0.15, -0.1) is 0 Å². The Morgan fingerprint density at radius 2 is 0.947 bits per heavy atom. The van der Waals surface area contributed by atoms with Crippen molar-refractivity contribution in [2.24, 2.45) is 0 Å². The van der Waals surface area contributed by atoms with E-state index in [1.807, 2.05) is 0 Å². The van der Waals surface area contributed by atoms with Crippen molar-refractivity contribution >= 4 is 61.6 Å². The molecule has 0 radical (unpaired) electrons. The summed E-state index contributed by atoms with van der Waals surface area (Å²) < 4.78 is 0. The maximum absolute atomic E-state index is 9.77. The third-order valence-corrected chi connectivity index (χ3v) is 1.17. The van der Waals surface area contributed by atoms with Gasteiger partial charge in [-0.2, -0.15) is 0 Å². The normalized spacial score (nSPS) is 12.3. The first-order chi connectivity index (χ1) is 8.09. The molecule has 0 saturated heterocycles. The van der Waals surface area contributed by atoms with Gasteiger partial charge in [0, 0.05) is 12.2 Å². The van der Waals surface area contributed by atoms with E-state index in [9.17, 15) is 19.2 Å². The number of carbonyl (C=O) groups is 4. The molecule has 106 valence electrons. The number of aliphatic hydroxyl groups is 2. The summed E-state index contributed by atoms with van der Waals surface area (Å²) in [5.74, 6) is -6.05. The minimum Gasteiger partial charge on any atom is -1.00 e. The Hall–Kier alpha value is -1.20. The van der Waals surface area contributed by atoms with E-state index < -0.39 is 36.1 Å². The molecule has 11 heteroatoms. The fraction of sp³-hybridized carbons (Fsp3) is 0.250. The van der Waals surface area contributed by atoms with Gasteiger partial charge in [0.15, 0.2) is 12.2 Å². The minimum atomic E-state index is -2.27. The van der Waals surface area contributed by atoms with Crippen molar-refractivity contribution in [3.05, 3.63) is 12.2 Å². The molecule has 0 bridgehead atoms. The monoisotopic (exact) mass is 308 g/mol. The molecule has 0 aliphatic carbocycles. The van der Waals surface area contributed by atoms with E-state index in [0.29, 0.717) is 12.2 Å². The first-order valence-corrected chi connectivity index (χ1v) is 4.05.